The van der Waals surface area contributed by atoms with Crippen molar-refractivity contribution in [3.63, 3.8) is 0 Å². The van der Waals surface area contributed by atoms with Gasteiger partial charge in [-0.3, -0.25) is 9.69 Å². The van der Waals surface area contributed by atoms with Crippen molar-refractivity contribution in [3.05, 3.63) is 12.7 Å². The van der Waals surface area contributed by atoms with Crippen LogP contribution in [-0.2, 0) is 4.79 Å². The minimum absolute atomic E-state index is 0.0356. The Hall–Kier alpha value is -0.870. The van der Waals surface area contributed by atoms with E-state index in [0.29, 0.717) is 19.0 Å². The minimum atomic E-state index is 0.0356. The fourth-order valence-electron chi connectivity index (χ4n) is 1.89. The number of hydrogen-bond donors (Lipinski definition) is 2. The third-order valence-corrected chi connectivity index (χ3v) is 2.67. The second-order valence-corrected chi connectivity index (χ2v) is 4.02. The van der Waals surface area contributed by atoms with E-state index < -0.39 is 0 Å². The molecule has 0 saturated carbocycles. The smallest absolute Gasteiger partial charge is 0.234 e. The molecule has 1 heterocycles. The molecule has 1 amide bonds. The molecular weight excluding hydrogens is 192 g/mol. The van der Waals surface area contributed by atoms with Crippen LogP contribution in [0, 0.1) is 5.92 Å². The third kappa shape index (κ3) is 4.44. The van der Waals surface area contributed by atoms with Gasteiger partial charge in [0, 0.05) is 19.7 Å². The first kappa shape index (κ1) is 12.2. The average molecular weight is 212 g/mol. The average Bonchev–Trinajstić information content (AvgIpc) is 2.26. The van der Waals surface area contributed by atoms with Crippen molar-refractivity contribution >= 4 is 5.91 Å². The summed E-state index contributed by atoms with van der Waals surface area (Å²) in [6.45, 7) is 6.52. The van der Waals surface area contributed by atoms with Crippen LogP contribution in [0.25, 0.3) is 0 Å². The van der Waals surface area contributed by atoms with Gasteiger partial charge in [0.1, 0.15) is 0 Å². The summed E-state index contributed by atoms with van der Waals surface area (Å²) in [5.41, 5.74) is 0. The standard InChI is InChI=1S/C11H20N2O2/c1-2-5-12-11(15)8-13-6-3-4-10(7-13)9-14/h2,10,14H,1,3-9H2,(H,12,15). The van der Waals surface area contributed by atoms with E-state index in [9.17, 15) is 4.79 Å². The maximum atomic E-state index is 11.4. The molecule has 0 bridgehead atoms. The molecule has 2 N–H and O–H groups in total. The molecule has 0 radical (unpaired) electrons. The van der Waals surface area contributed by atoms with Gasteiger partial charge in [-0.25, -0.2) is 0 Å². The molecule has 0 aliphatic carbocycles. The van der Waals surface area contributed by atoms with Crippen LogP contribution in [0.2, 0.25) is 0 Å². The lowest BCUT2D eigenvalue weighted by molar-refractivity contribution is -0.122. The van der Waals surface area contributed by atoms with Gasteiger partial charge in [0.2, 0.25) is 5.91 Å². The first-order valence-electron chi connectivity index (χ1n) is 5.47. The van der Waals surface area contributed by atoms with E-state index in [4.69, 9.17) is 5.11 Å². The van der Waals surface area contributed by atoms with Crippen LogP contribution in [0.5, 0.6) is 0 Å². The lowest BCUT2D eigenvalue weighted by atomic mass is 9.99. The monoisotopic (exact) mass is 212 g/mol. The lowest BCUT2D eigenvalue weighted by Gasteiger charge is -2.31. The predicted octanol–water partition coefficient (Wildman–Crippen LogP) is -0.00710. The normalized spacial score (nSPS) is 22.3. The van der Waals surface area contributed by atoms with Gasteiger partial charge in [0.25, 0.3) is 0 Å². The molecule has 1 unspecified atom stereocenters. The zero-order valence-electron chi connectivity index (χ0n) is 9.11. The number of hydrogen-bond acceptors (Lipinski definition) is 3. The topological polar surface area (TPSA) is 52.6 Å². The molecule has 1 atom stereocenters. The van der Waals surface area contributed by atoms with Crippen molar-refractivity contribution in [1.82, 2.24) is 10.2 Å². The molecule has 1 fully saturated rings. The van der Waals surface area contributed by atoms with Crippen molar-refractivity contribution in [2.45, 2.75) is 12.8 Å². The molecular formula is C11H20N2O2. The number of likely N-dealkylation sites (tertiary alicyclic amines) is 1. The number of nitrogens with one attached hydrogen (secondary N) is 1. The van der Waals surface area contributed by atoms with Crippen LogP contribution in [0.1, 0.15) is 12.8 Å². The number of carbonyl (C=O) groups is 1. The maximum Gasteiger partial charge on any atom is 0.234 e. The van der Waals surface area contributed by atoms with Crippen LogP contribution in [-0.4, -0.2) is 48.7 Å². The van der Waals surface area contributed by atoms with E-state index >= 15 is 0 Å². The van der Waals surface area contributed by atoms with E-state index in [2.05, 4.69) is 16.8 Å². The van der Waals surface area contributed by atoms with Gasteiger partial charge >= 0.3 is 0 Å². The summed E-state index contributed by atoms with van der Waals surface area (Å²) in [4.78, 5) is 13.5. The summed E-state index contributed by atoms with van der Waals surface area (Å²) in [5.74, 6) is 0.374. The maximum absolute atomic E-state index is 11.4. The number of aliphatic hydroxyl groups excluding tert-OH is 1. The molecule has 1 aliphatic rings. The highest BCUT2D eigenvalue weighted by molar-refractivity contribution is 5.78. The van der Waals surface area contributed by atoms with Gasteiger partial charge in [-0.2, -0.15) is 0 Å². The number of aliphatic hydroxyl groups is 1. The Morgan fingerprint density at radius 3 is 3.13 bits per heavy atom. The minimum Gasteiger partial charge on any atom is -0.396 e. The van der Waals surface area contributed by atoms with E-state index in [1.54, 1.807) is 6.08 Å². The van der Waals surface area contributed by atoms with Crippen LogP contribution in [0.3, 0.4) is 0 Å². The number of amides is 1. The first-order valence-corrected chi connectivity index (χ1v) is 5.47. The molecule has 4 nitrogen and oxygen atoms in total. The summed E-state index contributed by atoms with van der Waals surface area (Å²) in [5, 5.41) is 11.8. The van der Waals surface area contributed by atoms with Crippen molar-refractivity contribution in [3.8, 4) is 0 Å². The molecule has 0 aromatic rings. The Morgan fingerprint density at radius 2 is 2.47 bits per heavy atom. The second kappa shape index (κ2) is 6.58. The molecule has 1 saturated heterocycles. The first-order chi connectivity index (χ1) is 7.26. The van der Waals surface area contributed by atoms with E-state index in [0.717, 1.165) is 25.9 Å². The highest BCUT2D eigenvalue weighted by Gasteiger charge is 2.20. The molecule has 86 valence electrons. The summed E-state index contributed by atoms with van der Waals surface area (Å²) in [6, 6.07) is 0. The van der Waals surface area contributed by atoms with Gasteiger partial charge in [-0.05, 0) is 25.3 Å². The Labute approximate surface area is 91.0 Å². The Morgan fingerprint density at radius 1 is 1.67 bits per heavy atom. The van der Waals surface area contributed by atoms with Crippen molar-refractivity contribution in [2.75, 3.05) is 32.8 Å². The van der Waals surface area contributed by atoms with Gasteiger partial charge in [-0.15, -0.1) is 6.58 Å². The Balaban J connectivity index is 2.24. The van der Waals surface area contributed by atoms with E-state index in [1.165, 1.54) is 0 Å². The fraction of sp³-hybridized carbons (Fsp3) is 0.727. The summed E-state index contributed by atoms with van der Waals surface area (Å²) in [6.07, 6.45) is 3.81. The summed E-state index contributed by atoms with van der Waals surface area (Å²) in [7, 11) is 0. The van der Waals surface area contributed by atoms with Crippen molar-refractivity contribution in [2.24, 2.45) is 5.92 Å². The molecule has 0 spiro atoms. The van der Waals surface area contributed by atoms with Gasteiger partial charge < -0.3 is 10.4 Å². The summed E-state index contributed by atoms with van der Waals surface area (Å²) >= 11 is 0. The number of rotatable bonds is 5. The van der Waals surface area contributed by atoms with Crippen molar-refractivity contribution < 1.29 is 9.90 Å². The molecule has 0 aromatic heterocycles. The molecule has 15 heavy (non-hydrogen) atoms. The molecule has 4 heteroatoms. The van der Waals surface area contributed by atoms with Gasteiger partial charge in [0.15, 0.2) is 0 Å². The van der Waals surface area contributed by atoms with Gasteiger partial charge in [0.05, 0.1) is 6.54 Å². The molecule has 0 aromatic carbocycles. The van der Waals surface area contributed by atoms with Crippen LogP contribution < -0.4 is 5.32 Å². The van der Waals surface area contributed by atoms with Crippen molar-refractivity contribution in [1.29, 1.82) is 0 Å². The predicted molar refractivity (Wildman–Crippen MR) is 59.5 cm³/mol. The lowest BCUT2D eigenvalue weighted by Crippen LogP contribution is -2.43. The number of piperidine rings is 1. The highest BCUT2D eigenvalue weighted by Crippen LogP contribution is 2.14. The Bertz CT molecular complexity index is 219. The SMILES string of the molecule is C=CCNC(=O)CN1CCCC(CO)C1. The molecule has 1 aliphatic heterocycles. The van der Waals surface area contributed by atoms with Crippen LogP contribution in [0.4, 0.5) is 0 Å². The van der Waals surface area contributed by atoms with Crippen LogP contribution in [0.15, 0.2) is 12.7 Å². The zero-order chi connectivity index (χ0) is 11.1. The summed E-state index contributed by atoms with van der Waals surface area (Å²) < 4.78 is 0. The second-order valence-electron chi connectivity index (χ2n) is 4.02. The van der Waals surface area contributed by atoms with E-state index in [-0.39, 0.29) is 12.5 Å². The third-order valence-electron chi connectivity index (χ3n) is 2.67. The highest BCUT2D eigenvalue weighted by atomic mass is 16.3. The number of nitrogens with zero attached hydrogens (tertiary/aromatic N) is 1. The molecule has 1 rings (SSSR count). The van der Waals surface area contributed by atoms with Crippen LogP contribution >= 0.6 is 0 Å². The fourth-order valence-corrected chi connectivity index (χ4v) is 1.89. The van der Waals surface area contributed by atoms with E-state index in [1.807, 2.05) is 0 Å². The zero-order valence-corrected chi connectivity index (χ0v) is 9.11. The quantitative estimate of drug-likeness (QED) is 0.630. The largest absolute Gasteiger partial charge is 0.396 e. The number of carbonyl (C=O) groups excluding carboxylic acids is 1. The Kier molecular flexibility index (Phi) is 5.36. The van der Waals surface area contributed by atoms with Gasteiger partial charge in [-0.1, -0.05) is 6.08 Å².